The van der Waals surface area contributed by atoms with E-state index in [2.05, 4.69) is 10.4 Å². The highest BCUT2D eigenvalue weighted by molar-refractivity contribution is 8.00. The standard InChI is InChI=1S/C15H17N5O6S/c1-7-6-27-14-11(13(22)19(14)12(7)15(23)24)17-10(21)3-4-18-8(2)9(5-16-18)20(25)26/h5,11,14H,3-4,6H2,1-2H3,(H,17,21)(H,23,24)/t11-,14+/m0/s1. The number of nitrogens with zero attached hydrogens (tertiary/aromatic N) is 4. The average molecular weight is 395 g/mol. The quantitative estimate of drug-likeness (QED) is 0.396. The van der Waals surface area contributed by atoms with Crippen LogP contribution in [0.25, 0.3) is 0 Å². The fourth-order valence-electron chi connectivity index (χ4n) is 3.07. The summed E-state index contributed by atoms with van der Waals surface area (Å²) in [7, 11) is 0. The molecule has 0 saturated carbocycles. The molecule has 1 saturated heterocycles. The Kier molecular flexibility index (Phi) is 4.91. The summed E-state index contributed by atoms with van der Waals surface area (Å²) in [5.74, 6) is -1.55. The average Bonchev–Trinajstić information content (AvgIpc) is 2.98. The van der Waals surface area contributed by atoms with E-state index in [4.69, 9.17) is 0 Å². The normalized spacial score (nSPS) is 21.6. The maximum atomic E-state index is 12.3. The van der Waals surface area contributed by atoms with Crippen LogP contribution in [0.1, 0.15) is 19.0 Å². The van der Waals surface area contributed by atoms with Crippen LogP contribution in [0.4, 0.5) is 5.69 Å². The van der Waals surface area contributed by atoms with Crippen molar-refractivity contribution in [3.63, 3.8) is 0 Å². The zero-order chi connectivity index (χ0) is 19.9. The van der Waals surface area contributed by atoms with Crippen molar-refractivity contribution in [2.45, 2.75) is 38.2 Å². The highest BCUT2D eigenvalue weighted by Crippen LogP contribution is 2.40. The van der Waals surface area contributed by atoms with Gasteiger partial charge in [0, 0.05) is 12.2 Å². The minimum atomic E-state index is -1.16. The van der Waals surface area contributed by atoms with Crippen LogP contribution in [0.5, 0.6) is 0 Å². The lowest BCUT2D eigenvalue weighted by Gasteiger charge is -2.49. The second-order valence-corrected chi connectivity index (χ2v) is 7.34. The molecule has 2 aliphatic rings. The number of thioether (sulfide) groups is 1. The number of aryl methyl sites for hydroxylation is 1. The maximum Gasteiger partial charge on any atom is 0.352 e. The number of hydrogen-bond acceptors (Lipinski definition) is 7. The largest absolute Gasteiger partial charge is 0.477 e. The van der Waals surface area contributed by atoms with Crippen LogP contribution in [0.3, 0.4) is 0 Å². The van der Waals surface area contributed by atoms with Gasteiger partial charge in [-0.2, -0.15) is 5.10 Å². The Morgan fingerprint density at radius 3 is 2.78 bits per heavy atom. The minimum Gasteiger partial charge on any atom is -0.477 e. The molecule has 1 aromatic rings. The third-order valence-corrected chi connectivity index (χ3v) is 5.93. The first-order chi connectivity index (χ1) is 12.7. The van der Waals surface area contributed by atoms with Crippen molar-refractivity contribution in [3.05, 3.63) is 33.3 Å². The number of β-lactam (4-membered cyclic amide) rings is 1. The molecule has 0 aliphatic carbocycles. The third kappa shape index (κ3) is 3.27. The van der Waals surface area contributed by atoms with Gasteiger partial charge in [0.1, 0.15) is 29.0 Å². The molecule has 0 bridgehead atoms. The van der Waals surface area contributed by atoms with E-state index in [-0.39, 0.29) is 24.4 Å². The number of aromatic nitrogens is 2. The molecular formula is C15H17N5O6S. The number of nitro groups is 1. The summed E-state index contributed by atoms with van der Waals surface area (Å²) in [4.78, 5) is 47.3. The molecule has 2 atom stereocenters. The molecule has 0 unspecified atom stereocenters. The second kappa shape index (κ2) is 7.02. The van der Waals surface area contributed by atoms with Crippen molar-refractivity contribution in [3.8, 4) is 0 Å². The molecule has 2 amide bonds. The second-order valence-electron chi connectivity index (χ2n) is 6.23. The van der Waals surface area contributed by atoms with E-state index in [0.29, 0.717) is 17.0 Å². The zero-order valence-corrected chi connectivity index (χ0v) is 15.4. The SMILES string of the molecule is CC1=C(C(=O)O)N2C(=O)[C@H](NC(=O)CCn3ncc([N+](=O)[O-])c3C)[C@H]2SC1. The summed E-state index contributed by atoms with van der Waals surface area (Å²) in [5.41, 5.74) is 0.807. The van der Waals surface area contributed by atoms with Gasteiger partial charge in [-0.25, -0.2) is 4.79 Å². The number of hydrogen-bond donors (Lipinski definition) is 2. The van der Waals surface area contributed by atoms with Gasteiger partial charge in [0.05, 0.1) is 11.5 Å². The van der Waals surface area contributed by atoms with Gasteiger partial charge in [0.25, 0.3) is 5.91 Å². The smallest absolute Gasteiger partial charge is 0.352 e. The highest BCUT2D eigenvalue weighted by Gasteiger charge is 2.53. The van der Waals surface area contributed by atoms with Crippen molar-refractivity contribution in [1.29, 1.82) is 0 Å². The monoisotopic (exact) mass is 395 g/mol. The lowest BCUT2D eigenvalue weighted by Crippen LogP contribution is -2.70. The summed E-state index contributed by atoms with van der Waals surface area (Å²) in [6, 6.07) is -0.780. The highest BCUT2D eigenvalue weighted by atomic mass is 32.2. The van der Waals surface area contributed by atoms with Gasteiger partial charge in [-0.15, -0.1) is 11.8 Å². The number of carbonyl (C=O) groups excluding carboxylic acids is 2. The van der Waals surface area contributed by atoms with E-state index in [9.17, 15) is 29.6 Å². The van der Waals surface area contributed by atoms with Crippen LogP contribution >= 0.6 is 11.8 Å². The van der Waals surface area contributed by atoms with Gasteiger partial charge in [-0.3, -0.25) is 29.3 Å². The van der Waals surface area contributed by atoms with Gasteiger partial charge in [0.2, 0.25) is 5.91 Å². The number of carboxylic acid groups (broad SMARTS) is 1. The molecule has 1 fully saturated rings. The van der Waals surface area contributed by atoms with Crippen molar-refractivity contribution in [2.24, 2.45) is 0 Å². The Morgan fingerprint density at radius 2 is 2.19 bits per heavy atom. The van der Waals surface area contributed by atoms with Crippen molar-refractivity contribution in [1.82, 2.24) is 20.0 Å². The first-order valence-corrected chi connectivity index (χ1v) is 9.11. The Labute approximate surface area is 157 Å². The number of nitrogens with one attached hydrogen (secondary N) is 1. The molecule has 3 heterocycles. The molecule has 2 aliphatic heterocycles. The van der Waals surface area contributed by atoms with Gasteiger partial charge in [0.15, 0.2) is 0 Å². The van der Waals surface area contributed by atoms with Gasteiger partial charge in [-0.05, 0) is 19.4 Å². The number of aliphatic carboxylic acids is 1. The fraction of sp³-hybridized carbons (Fsp3) is 0.467. The number of amides is 2. The molecule has 0 spiro atoms. The first kappa shape index (κ1) is 18.9. The Hall–Kier alpha value is -2.89. The Bertz CT molecular complexity index is 878. The Balaban J connectivity index is 1.59. The molecule has 1 aromatic heterocycles. The molecule has 144 valence electrons. The third-order valence-electron chi connectivity index (χ3n) is 4.50. The lowest BCUT2D eigenvalue weighted by atomic mass is 10.0. The van der Waals surface area contributed by atoms with E-state index in [1.54, 1.807) is 6.92 Å². The van der Waals surface area contributed by atoms with Crippen molar-refractivity contribution >= 4 is 35.2 Å². The van der Waals surface area contributed by atoms with E-state index in [1.165, 1.54) is 28.3 Å². The van der Waals surface area contributed by atoms with Crippen LogP contribution in [0.2, 0.25) is 0 Å². The van der Waals surface area contributed by atoms with Crippen molar-refractivity contribution < 1.29 is 24.4 Å². The van der Waals surface area contributed by atoms with Crippen LogP contribution in [0, 0.1) is 17.0 Å². The van der Waals surface area contributed by atoms with Crippen LogP contribution in [0.15, 0.2) is 17.5 Å². The predicted octanol–water partition coefficient (Wildman–Crippen LogP) is 0.248. The van der Waals surface area contributed by atoms with E-state index in [1.807, 2.05) is 0 Å². The molecule has 27 heavy (non-hydrogen) atoms. The maximum absolute atomic E-state index is 12.3. The molecule has 2 N–H and O–H groups in total. The summed E-state index contributed by atoms with van der Waals surface area (Å²) in [6.45, 7) is 3.34. The van der Waals surface area contributed by atoms with E-state index in [0.717, 1.165) is 6.20 Å². The van der Waals surface area contributed by atoms with Gasteiger partial charge in [-0.1, -0.05) is 0 Å². The van der Waals surface area contributed by atoms with Crippen LogP contribution in [-0.2, 0) is 20.9 Å². The predicted molar refractivity (Wildman–Crippen MR) is 93.6 cm³/mol. The van der Waals surface area contributed by atoms with Crippen molar-refractivity contribution in [2.75, 3.05) is 5.75 Å². The lowest BCUT2D eigenvalue weighted by molar-refractivity contribution is -0.385. The fourth-order valence-corrected chi connectivity index (χ4v) is 4.36. The molecule has 0 aromatic carbocycles. The number of rotatable bonds is 6. The number of carboxylic acids is 1. The summed E-state index contributed by atoms with van der Waals surface area (Å²) in [6.07, 6.45) is 1.11. The Morgan fingerprint density at radius 1 is 1.48 bits per heavy atom. The topological polar surface area (TPSA) is 148 Å². The van der Waals surface area contributed by atoms with Crippen LogP contribution in [-0.4, -0.2) is 59.7 Å². The molecule has 3 rings (SSSR count). The zero-order valence-electron chi connectivity index (χ0n) is 14.5. The molecule has 0 radical (unpaired) electrons. The summed E-state index contributed by atoms with van der Waals surface area (Å²) < 4.78 is 1.36. The van der Waals surface area contributed by atoms with E-state index < -0.39 is 34.1 Å². The molecular weight excluding hydrogens is 378 g/mol. The molecule has 12 heteroatoms. The number of fused-ring (bicyclic) bond motifs is 1. The van der Waals surface area contributed by atoms with Crippen LogP contribution < -0.4 is 5.32 Å². The molecule has 11 nitrogen and oxygen atoms in total. The number of carbonyl (C=O) groups is 3. The van der Waals surface area contributed by atoms with Gasteiger partial charge >= 0.3 is 11.7 Å². The minimum absolute atomic E-state index is 0.0124. The summed E-state index contributed by atoms with van der Waals surface area (Å²) >= 11 is 1.40. The first-order valence-electron chi connectivity index (χ1n) is 8.06. The van der Waals surface area contributed by atoms with E-state index >= 15 is 0 Å². The van der Waals surface area contributed by atoms with Gasteiger partial charge < -0.3 is 10.4 Å². The summed E-state index contributed by atoms with van der Waals surface area (Å²) in [5, 5.41) is 26.2.